The molecule has 7 nitrogen and oxygen atoms in total. The summed E-state index contributed by atoms with van der Waals surface area (Å²) in [6, 6.07) is 22.1. The topological polar surface area (TPSA) is 133 Å². The second-order valence-corrected chi connectivity index (χ2v) is 8.64. The fraction of sp³-hybridized carbons (Fsp3) is 0.185. The molecule has 0 radical (unpaired) electrons. The molecule has 2 heterocycles. The normalized spacial score (nSPS) is 14.1. The van der Waals surface area contributed by atoms with E-state index < -0.39 is 12.1 Å². The van der Waals surface area contributed by atoms with Crippen molar-refractivity contribution >= 4 is 16.9 Å². The lowest BCUT2D eigenvalue weighted by molar-refractivity contribution is -0.192. The lowest BCUT2D eigenvalue weighted by Gasteiger charge is -2.38. The monoisotopic (exact) mass is 506 g/mol. The molecule has 4 N–H and O–H groups in total. The van der Waals surface area contributed by atoms with E-state index in [-0.39, 0.29) is 11.4 Å². The van der Waals surface area contributed by atoms with Crippen LogP contribution in [0.25, 0.3) is 33.3 Å². The molecule has 0 amide bonds. The number of alkyl halides is 3. The summed E-state index contributed by atoms with van der Waals surface area (Å²) in [4.78, 5) is 17.7. The SMILES string of the molecule is N#Cc1cnc(O)c2cc(-c3ccccc3)c(-c3ccc(C4(N)CCC4)cc3)nc12.O=C(O)C(F)(F)F. The first-order chi connectivity index (χ1) is 17.5. The molecular weight excluding hydrogens is 485 g/mol. The second kappa shape index (κ2) is 9.87. The average molecular weight is 506 g/mol. The van der Waals surface area contributed by atoms with Gasteiger partial charge in [0.25, 0.3) is 0 Å². The van der Waals surface area contributed by atoms with Crippen molar-refractivity contribution in [2.75, 3.05) is 0 Å². The molecule has 37 heavy (non-hydrogen) atoms. The number of rotatable bonds is 3. The number of nitrogens with zero attached hydrogens (tertiary/aromatic N) is 3. The van der Waals surface area contributed by atoms with Crippen LogP contribution in [0.4, 0.5) is 13.2 Å². The number of hydrogen-bond acceptors (Lipinski definition) is 6. The summed E-state index contributed by atoms with van der Waals surface area (Å²) in [5.41, 5.74) is 11.7. The van der Waals surface area contributed by atoms with Crippen LogP contribution >= 0.6 is 0 Å². The maximum absolute atomic E-state index is 10.6. The maximum Gasteiger partial charge on any atom is 0.490 e. The van der Waals surface area contributed by atoms with Crippen LogP contribution < -0.4 is 5.73 Å². The van der Waals surface area contributed by atoms with Gasteiger partial charge in [-0.1, -0.05) is 54.6 Å². The predicted molar refractivity (Wildman–Crippen MR) is 130 cm³/mol. The number of hydrogen-bond donors (Lipinski definition) is 3. The number of benzene rings is 2. The predicted octanol–water partition coefficient (Wildman–Crippen LogP) is 5.51. The summed E-state index contributed by atoms with van der Waals surface area (Å²) < 4.78 is 31.7. The first-order valence-corrected chi connectivity index (χ1v) is 11.2. The number of aliphatic carboxylic acids is 1. The van der Waals surface area contributed by atoms with E-state index in [4.69, 9.17) is 20.6 Å². The molecule has 1 aliphatic rings. The highest BCUT2D eigenvalue weighted by Gasteiger charge is 2.38. The molecule has 1 saturated carbocycles. The van der Waals surface area contributed by atoms with Gasteiger partial charge in [0.15, 0.2) is 0 Å². The lowest BCUT2D eigenvalue weighted by Crippen LogP contribution is -2.43. The van der Waals surface area contributed by atoms with Crippen molar-refractivity contribution in [3.05, 3.63) is 78.0 Å². The Morgan fingerprint density at radius 3 is 2.19 bits per heavy atom. The van der Waals surface area contributed by atoms with E-state index in [0.29, 0.717) is 16.5 Å². The Hall–Kier alpha value is -4.49. The molecule has 0 spiro atoms. The van der Waals surface area contributed by atoms with Crippen molar-refractivity contribution in [3.8, 4) is 34.3 Å². The van der Waals surface area contributed by atoms with Crippen LogP contribution in [0.2, 0.25) is 0 Å². The minimum Gasteiger partial charge on any atom is -0.493 e. The molecule has 2 aromatic carbocycles. The summed E-state index contributed by atoms with van der Waals surface area (Å²) in [6.07, 6.45) is -0.549. The Morgan fingerprint density at radius 1 is 1.05 bits per heavy atom. The molecule has 0 bridgehead atoms. The van der Waals surface area contributed by atoms with Gasteiger partial charge in [0, 0.05) is 16.7 Å². The Labute approximate surface area is 209 Å². The van der Waals surface area contributed by atoms with Crippen molar-refractivity contribution in [2.45, 2.75) is 31.0 Å². The molecule has 0 atom stereocenters. The Bertz CT molecular complexity index is 1490. The third-order valence-corrected chi connectivity index (χ3v) is 6.26. The molecule has 1 aliphatic carbocycles. The first kappa shape index (κ1) is 25.6. The van der Waals surface area contributed by atoms with Crippen molar-refractivity contribution in [1.82, 2.24) is 9.97 Å². The molecule has 188 valence electrons. The van der Waals surface area contributed by atoms with Crippen molar-refractivity contribution in [2.24, 2.45) is 5.73 Å². The number of halogens is 3. The molecule has 0 saturated heterocycles. The quantitative estimate of drug-likeness (QED) is 0.334. The summed E-state index contributed by atoms with van der Waals surface area (Å²) in [7, 11) is 0. The van der Waals surface area contributed by atoms with E-state index in [1.54, 1.807) is 0 Å². The zero-order valence-corrected chi connectivity index (χ0v) is 19.3. The number of carboxylic acids is 1. The second-order valence-electron chi connectivity index (χ2n) is 8.64. The Kier molecular flexibility index (Phi) is 6.83. The zero-order valence-electron chi connectivity index (χ0n) is 19.3. The highest BCUT2D eigenvalue weighted by atomic mass is 19.4. The fourth-order valence-electron chi connectivity index (χ4n) is 4.09. The van der Waals surface area contributed by atoms with Gasteiger partial charge in [-0.3, -0.25) is 0 Å². The third-order valence-electron chi connectivity index (χ3n) is 6.26. The zero-order chi connectivity index (χ0) is 26.8. The van der Waals surface area contributed by atoms with Crippen LogP contribution in [0, 0.1) is 11.3 Å². The fourth-order valence-corrected chi connectivity index (χ4v) is 4.09. The Balaban J connectivity index is 0.000000405. The largest absolute Gasteiger partial charge is 0.493 e. The summed E-state index contributed by atoms with van der Waals surface area (Å²) in [6.45, 7) is 0. The standard InChI is InChI=1S/C25H20N4O.C2HF3O2/c26-14-18-15-28-24(30)21-13-20(16-5-2-1-3-6-16)22(29-23(18)21)17-7-9-19(10-8-17)25(27)11-4-12-25;3-2(4,5)1(6)7/h1-3,5-10,13,15H,4,11-12,27H2,(H,28,30);(H,6,7). The molecule has 1 fully saturated rings. The van der Waals surface area contributed by atoms with Crippen LogP contribution in [0.15, 0.2) is 66.9 Å². The van der Waals surface area contributed by atoms with E-state index in [1.807, 2.05) is 48.5 Å². The van der Waals surface area contributed by atoms with Gasteiger partial charge in [0.2, 0.25) is 5.88 Å². The highest BCUT2D eigenvalue weighted by molar-refractivity contribution is 5.96. The smallest absolute Gasteiger partial charge is 0.490 e. The van der Waals surface area contributed by atoms with Gasteiger partial charge >= 0.3 is 12.1 Å². The van der Waals surface area contributed by atoms with Crippen LogP contribution in [0.3, 0.4) is 0 Å². The van der Waals surface area contributed by atoms with Crippen LogP contribution in [0.5, 0.6) is 5.88 Å². The number of fused-ring (bicyclic) bond motifs is 1. The van der Waals surface area contributed by atoms with Gasteiger partial charge in [-0.15, -0.1) is 0 Å². The van der Waals surface area contributed by atoms with Crippen molar-refractivity contribution in [1.29, 1.82) is 5.26 Å². The number of carbonyl (C=O) groups is 1. The van der Waals surface area contributed by atoms with E-state index in [9.17, 15) is 23.5 Å². The van der Waals surface area contributed by atoms with Gasteiger partial charge < -0.3 is 15.9 Å². The number of carboxylic acid groups (broad SMARTS) is 1. The molecule has 0 unspecified atom stereocenters. The molecule has 10 heteroatoms. The van der Waals surface area contributed by atoms with Crippen molar-refractivity contribution < 1.29 is 28.2 Å². The molecule has 0 aliphatic heterocycles. The van der Waals surface area contributed by atoms with Crippen molar-refractivity contribution in [3.63, 3.8) is 0 Å². The molecule has 2 aromatic heterocycles. The van der Waals surface area contributed by atoms with Crippen LogP contribution in [-0.4, -0.2) is 32.3 Å². The first-order valence-electron chi connectivity index (χ1n) is 11.2. The van der Waals surface area contributed by atoms with E-state index in [1.165, 1.54) is 6.20 Å². The van der Waals surface area contributed by atoms with E-state index >= 15 is 0 Å². The van der Waals surface area contributed by atoms with Crippen LogP contribution in [-0.2, 0) is 10.3 Å². The van der Waals surface area contributed by atoms with Gasteiger partial charge in [-0.25, -0.2) is 14.8 Å². The molecule has 5 rings (SSSR count). The highest BCUT2D eigenvalue weighted by Crippen LogP contribution is 2.40. The van der Waals surface area contributed by atoms with Gasteiger partial charge in [0.1, 0.15) is 6.07 Å². The number of pyridine rings is 2. The van der Waals surface area contributed by atoms with E-state index in [2.05, 4.69) is 23.2 Å². The summed E-state index contributed by atoms with van der Waals surface area (Å²) >= 11 is 0. The van der Waals surface area contributed by atoms with Crippen LogP contribution in [0.1, 0.15) is 30.4 Å². The Morgan fingerprint density at radius 2 is 1.68 bits per heavy atom. The van der Waals surface area contributed by atoms with E-state index in [0.717, 1.165) is 47.2 Å². The number of aromatic nitrogens is 2. The minimum absolute atomic E-state index is 0.134. The van der Waals surface area contributed by atoms with Gasteiger partial charge in [0.05, 0.1) is 28.4 Å². The average Bonchev–Trinajstić information content (AvgIpc) is 2.87. The number of nitrogens with two attached hydrogens (primary N) is 1. The molecule has 4 aromatic rings. The minimum atomic E-state index is -5.08. The van der Waals surface area contributed by atoms with Gasteiger partial charge in [-0.05, 0) is 36.5 Å². The molecular formula is C27H21F3N4O3. The number of aromatic hydroxyl groups is 1. The van der Waals surface area contributed by atoms with Gasteiger partial charge in [-0.2, -0.15) is 18.4 Å². The third kappa shape index (κ3) is 5.22. The lowest BCUT2D eigenvalue weighted by atomic mass is 9.72. The summed E-state index contributed by atoms with van der Waals surface area (Å²) in [5, 5.41) is 27.4. The summed E-state index contributed by atoms with van der Waals surface area (Å²) in [5.74, 6) is -2.89. The number of nitriles is 1. The maximum atomic E-state index is 10.6.